The fraction of sp³-hybridized carbons (Fsp3) is 0.684. The number of aliphatic hydroxyl groups excluding tert-OH is 1. The third-order valence-electron chi connectivity index (χ3n) is 5.20. The lowest BCUT2D eigenvalue weighted by Crippen LogP contribution is -2.46. The van der Waals surface area contributed by atoms with Crippen molar-refractivity contribution in [1.29, 1.82) is 0 Å². The van der Waals surface area contributed by atoms with Crippen LogP contribution < -0.4 is 0 Å². The van der Waals surface area contributed by atoms with Gasteiger partial charge in [0.25, 0.3) is 0 Å². The summed E-state index contributed by atoms with van der Waals surface area (Å²) >= 11 is 0. The Hall–Kier alpha value is -0.860. The summed E-state index contributed by atoms with van der Waals surface area (Å²) in [7, 11) is 0. The van der Waals surface area contributed by atoms with Gasteiger partial charge in [-0.2, -0.15) is 0 Å². The number of hydrogen-bond acceptors (Lipinski definition) is 2. The number of benzene rings is 1. The summed E-state index contributed by atoms with van der Waals surface area (Å²) in [6, 6.07) is 10.4. The lowest BCUT2D eigenvalue weighted by atomic mass is 9.74. The van der Waals surface area contributed by atoms with Gasteiger partial charge in [-0.3, -0.25) is 0 Å². The first-order valence-corrected chi connectivity index (χ1v) is 8.24. The van der Waals surface area contributed by atoms with Gasteiger partial charge in [-0.05, 0) is 42.8 Å². The van der Waals surface area contributed by atoms with Crippen molar-refractivity contribution in [2.45, 2.75) is 46.0 Å². The van der Waals surface area contributed by atoms with E-state index >= 15 is 0 Å². The van der Waals surface area contributed by atoms with Crippen LogP contribution in [0, 0.1) is 11.3 Å². The largest absolute Gasteiger partial charge is 0.395 e. The van der Waals surface area contributed by atoms with E-state index in [2.05, 4.69) is 56.9 Å². The van der Waals surface area contributed by atoms with Gasteiger partial charge in [0.05, 0.1) is 6.61 Å². The first-order chi connectivity index (χ1) is 9.85. The van der Waals surface area contributed by atoms with E-state index in [0.717, 1.165) is 25.6 Å². The number of hydrogen-bond donors (Lipinski definition) is 1. The summed E-state index contributed by atoms with van der Waals surface area (Å²) in [6.07, 6.45) is 2.56. The minimum Gasteiger partial charge on any atom is -0.395 e. The molecule has 1 aliphatic rings. The van der Waals surface area contributed by atoms with Gasteiger partial charge in [-0.15, -0.1) is 0 Å². The molecule has 2 heteroatoms. The van der Waals surface area contributed by atoms with E-state index in [4.69, 9.17) is 0 Å². The van der Waals surface area contributed by atoms with Crippen molar-refractivity contribution in [3.8, 4) is 0 Å². The standard InChI is InChI=1S/C19H31NO/c1-18(2,3)16-10-12-20(13-11-16)14-19(4,15-21)17-8-6-5-7-9-17/h5-9,16,21H,10-15H2,1-4H3. The van der Waals surface area contributed by atoms with Crippen molar-refractivity contribution < 1.29 is 5.11 Å². The molecule has 21 heavy (non-hydrogen) atoms. The zero-order chi connectivity index (χ0) is 15.5. The van der Waals surface area contributed by atoms with Crippen LogP contribution in [0.4, 0.5) is 0 Å². The Balaban J connectivity index is 1.98. The van der Waals surface area contributed by atoms with Crippen LogP contribution in [0.15, 0.2) is 30.3 Å². The number of rotatable bonds is 4. The Morgan fingerprint density at radius 3 is 2.10 bits per heavy atom. The zero-order valence-electron chi connectivity index (χ0n) is 14.1. The molecule has 0 radical (unpaired) electrons. The third-order valence-corrected chi connectivity index (χ3v) is 5.20. The first kappa shape index (κ1) is 16.5. The molecule has 2 nitrogen and oxygen atoms in total. The fourth-order valence-electron chi connectivity index (χ4n) is 3.52. The molecule has 0 aliphatic carbocycles. The number of piperidine rings is 1. The van der Waals surface area contributed by atoms with Crippen molar-refractivity contribution >= 4 is 0 Å². The highest BCUT2D eigenvalue weighted by Gasteiger charge is 2.33. The van der Waals surface area contributed by atoms with E-state index in [1.54, 1.807) is 0 Å². The Morgan fingerprint density at radius 2 is 1.62 bits per heavy atom. The van der Waals surface area contributed by atoms with Crippen molar-refractivity contribution in [1.82, 2.24) is 4.90 Å². The van der Waals surface area contributed by atoms with Gasteiger partial charge in [0, 0.05) is 12.0 Å². The molecule has 118 valence electrons. The quantitative estimate of drug-likeness (QED) is 0.913. The van der Waals surface area contributed by atoms with Gasteiger partial charge in [0.1, 0.15) is 0 Å². The molecule has 0 amide bonds. The van der Waals surface area contributed by atoms with E-state index < -0.39 is 0 Å². The summed E-state index contributed by atoms with van der Waals surface area (Å²) < 4.78 is 0. The first-order valence-electron chi connectivity index (χ1n) is 8.24. The SMILES string of the molecule is CC(CO)(CN1CCC(C(C)(C)C)CC1)c1ccccc1. The molecular formula is C19H31NO. The monoisotopic (exact) mass is 289 g/mol. The molecular weight excluding hydrogens is 258 g/mol. The molecule has 1 aromatic carbocycles. The van der Waals surface area contributed by atoms with Gasteiger partial charge >= 0.3 is 0 Å². The Bertz CT molecular complexity index is 429. The van der Waals surface area contributed by atoms with E-state index in [1.807, 2.05) is 6.07 Å². The Labute approximate surface area is 130 Å². The van der Waals surface area contributed by atoms with Crippen LogP contribution in [-0.4, -0.2) is 36.2 Å². The summed E-state index contributed by atoms with van der Waals surface area (Å²) in [5.41, 5.74) is 1.51. The summed E-state index contributed by atoms with van der Waals surface area (Å²) in [4.78, 5) is 2.53. The van der Waals surface area contributed by atoms with Crippen LogP contribution >= 0.6 is 0 Å². The van der Waals surface area contributed by atoms with Crippen LogP contribution in [0.1, 0.15) is 46.1 Å². The molecule has 1 unspecified atom stereocenters. The smallest absolute Gasteiger partial charge is 0.0537 e. The second-order valence-corrected chi connectivity index (χ2v) is 8.00. The number of nitrogens with zero attached hydrogens (tertiary/aromatic N) is 1. The highest BCUT2D eigenvalue weighted by atomic mass is 16.3. The molecule has 2 rings (SSSR count). The summed E-state index contributed by atoms with van der Waals surface area (Å²) in [5.74, 6) is 0.825. The van der Waals surface area contributed by atoms with E-state index in [-0.39, 0.29) is 12.0 Å². The Kier molecular flexibility index (Phi) is 5.11. The van der Waals surface area contributed by atoms with Gasteiger partial charge < -0.3 is 10.0 Å². The Morgan fingerprint density at radius 1 is 1.05 bits per heavy atom. The van der Waals surface area contributed by atoms with Crippen molar-refractivity contribution in [2.75, 3.05) is 26.2 Å². The molecule has 1 aliphatic heterocycles. The van der Waals surface area contributed by atoms with E-state index in [1.165, 1.54) is 18.4 Å². The normalized spacial score (nSPS) is 21.2. The van der Waals surface area contributed by atoms with Gasteiger partial charge in [-0.25, -0.2) is 0 Å². The summed E-state index contributed by atoms with van der Waals surface area (Å²) in [6.45, 7) is 12.7. The number of aliphatic hydroxyl groups is 1. The molecule has 0 spiro atoms. The van der Waals surface area contributed by atoms with Crippen LogP contribution in [0.25, 0.3) is 0 Å². The zero-order valence-corrected chi connectivity index (χ0v) is 14.1. The fourth-order valence-corrected chi connectivity index (χ4v) is 3.52. The molecule has 0 aromatic heterocycles. The van der Waals surface area contributed by atoms with Crippen molar-refractivity contribution in [3.63, 3.8) is 0 Å². The predicted octanol–water partition coefficient (Wildman–Crippen LogP) is 3.69. The van der Waals surface area contributed by atoms with Gasteiger partial charge in [0.15, 0.2) is 0 Å². The minimum atomic E-state index is -0.157. The maximum Gasteiger partial charge on any atom is 0.0537 e. The number of likely N-dealkylation sites (tertiary alicyclic amines) is 1. The lowest BCUT2D eigenvalue weighted by Gasteiger charge is -2.42. The van der Waals surface area contributed by atoms with Crippen LogP contribution in [0.2, 0.25) is 0 Å². The van der Waals surface area contributed by atoms with E-state index in [0.29, 0.717) is 5.41 Å². The molecule has 1 saturated heterocycles. The maximum absolute atomic E-state index is 9.92. The van der Waals surface area contributed by atoms with Crippen molar-refractivity contribution in [2.24, 2.45) is 11.3 Å². The van der Waals surface area contributed by atoms with Crippen LogP contribution in [0.5, 0.6) is 0 Å². The summed E-state index contributed by atoms with van der Waals surface area (Å²) in [5, 5.41) is 9.92. The highest BCUT2D eigenvalue weighted by molar-refractivity contribution is 5.25. The molecule has 1 atom stereocenters. The molecule has 0 bridgehead atoms. The molecule has 1 fully saturated rings. The average Bonchev–Trinajstić information content (AvgIpc) is 2.47. The maximum atomic E-state index is 9.92. The van der Waals surface area contributed by atoms with E-state index in [9.17, 15) is 5.11 Å². The molecule has 0 saturated carbocycles. The lowest BCUT2D eigenvalue weighted by molar-refractivity contribution is 0.0807. The van der Waals surface area contributed by atoms with Crippen LogP contribution in [-0.2, 0) is 5.41 Å². The van der Waals surface area contributed by atoms with Gasteiger partial charge in [0.2, 0.25) is 0 Å². The molecule has 1 aromatic rings. The van der Waals surface area contributed by atoms with Crippen LogP contribution in [0.3, 0.4) is 0 Å². The predicted molar refractivity (Wildman–Crippen MR) is 89.5 cm³/mol. The third kappa shape index (κ3) is 4.08. The highest BCUT2D eigenvalue weighted by Crippen LogP contribution is 2.35. The molecule has 1 heterocycles. The van der Waals surface area contributed by atoms with Gasteiger partial charge in [-0.1, -0.05) is 58.0 Å². The topological polar surface area (TPSA) is 23.5 Å². The second kappa shape index (κ2) is 6.50. The molecule has 1 N–H and O–H groups in total. The second-order valence-electron chi connectivity index (χ2n) is 8.00. The minimum absolute atomic E-state index is 0.157. The average molecular weight is 289 g/mol. The van der Waals surface area contributed by atoms with Crippen molar-refractivity contribution in [3.05, 3.63) is 35.9 Å².